The molecule has 1 amide bonds. The van der Waals surface area contributed by atoms with Crippen LogP contribution in [0.2, 0.25) is 0 Å². The van der Waals surface area contributed by atoms with Gasteiger partial charge in [-0.1, -0.05) is 36.4 Å². The maximum Gasteiger partial charge on any atom is 0.261 e. The lowest BCUT2D eigenvalue weighted by Gasteiger charge is -2.14. The molecule has 1 heterocycles. The van der Waals surface area contributed by atoms with Crippen LogP contribution >= 0.6 is 12.4 Å². The van der Waals surface area contributed by atoms with Gasteiger partial charge in [0, 0.05) is 19.0 Å². The first-order chi connectivity index (χ1) is 12.5. The summed E-state index contributed by atoms with van der Waals surface area (Å²) in [5.41, 5.74) is 1.19. The molecule has 0 bridgehead atoms. The van der Waals surface area contributed by atoms with E-state index in [-0.39, 0.29) is 35.8 Å². The number of anilines is 1. The van der Waals surface area contributed by atoms with Gasteiger partial charge < -0.3 is 10.6 Å². The van der Waals surface area contributed by atoms with Crippen LogP contribution in [0, 0.1) is 0 Å². The van der Waals surface area contributed by atoms with E-state index in [1.165, 1.54) is 0 Å². The molecular weight excluding hydrogens is 386 g/mol. The number of hydrogen-bond donors (Lipinski definition) is 3. The Bertz CT molecular complexity index is 854. The van der Waals surface area contributed by atoms with Crippen molar-refractivity contribution in [3.8, 4) is 0 Å². The minimum Gasteiger partial charge on any atom is -0.352 e. The van der Waals surface area contributed by atoms with E-state index in [2.05, 4.69) is 15.4 Å². The number of nitrogens with one attached hydrogen (secondary N) is 3. The van der Waals surface area contributed by atoms with Crippen molar-refractivity contribution >= 4 is 34.0 Å². The molecule has 0 saturated carbocycles. The zero-order valence-corrected chi connectivity index (χ0v) is 16.5. The molecule has 1 saturated heterocycles. The summed E-state index contributed by atoms with van der Waals surface area (Å²) in [5, 5.41) is 6.17. The molecule has 2 aromatic rings. The first kappa shape index (κ1) is 21.2. The van der Waals surface area contributed by atoms with Crippen molar-refractivity contribution in [1.82, 2.24) is 10.6 Å². The molecule has 8 heteroatoms. The predicted octanol–water partition coefficient (Wildman–Crippen LogP) is 2.67. The number of carbonyl (C=O) groups excluding carboxylic acids is 1. The molecule has 146 valence electrons. The monoisotopic (exact) mass is 409 g/mol. The molecule has 3 rings (SSSR count). The molecule has 3 N–H and O–H groups in total. The van der Waals surface area contributed by atoms with Crippen LogP contribution in [0.4, 0.5) is 5.69 Å². The number of amides is 1. The Morgan fingerprint density at radius 3 is 2.48 bits per heavy atom. The third-order valence-corrected chi connectivity index (χ3v) is 5.77. The average molecular weight is 410 g/mol. The van der Waals surface area contributed by atoms with Gasteiger partial charge in [0.15, 0.2) is 0 Å². The van der Waals surface area contributed by atoms with Crippen LogP contribution in [-0.4, -0.2) is 26.9 Å². The third kappa shape index (κ3) is 5.95. The lowest BCUT2D eigenvalue weighted by Crippen LogP contribution is -2.31. The van der Waals surface area contributed by atoms with Crippen LogP contribution in [-0.2, 0) is 21.4 Å². The van der Waals surface area contributed by atoms with Crippen molar-refractivity contribution in [2.45, 2.75) is 36.7 Å². The molecule has 0 spiro atoms. The Balaban J connectivity index is 0.00000261. The van der Waals surface area contributed by atoms with Gasteiger partial charge in [-0.25, -0.2) is 8.42 Å². The largest absolute Gasteiger partial charge is 0.352 e. The van der Waals surface area contributed by atoms with Crippen LogP contribution in [0.15, 0.2) is 59.5 Å². The van der Waals surface area contributed by atoms with Crippen molar-refractivity contribution in [1.29, 1.82) is 0 Å². The van der Waals surface area contributed by atoms with E-state index >= 15 is 0 Å². The number of benzene rings is 2. The lowest BCUT2D eigenvalue weighted by molar-refractivity contribution is -0.121. The zero-order valence-electron chi connectivity index (χ0n) is 14.9. The number of rotatable bonds is 7. The number of sulfonamides is 1. The molecule has 0 aliphatic carbocycles. The predicted molar refractivity (Wildman–Crippen MR) is 108 cm³/mol. The molecule has 27 heavy (non-hydrogen) atoms. The molecule has 1 aliphatic heterocycles. The van der Waals surface area contributed by atoms with Crippen LogP contribution in [0.1, 0.15) is 24.8 Å². The highest BCUT2D eigenvalue weighted by Gasteiger charge is 2.18. The second-order valence-electron chi connectivity index (χ2n) is 6.35. The van der Waals surface area contributed by atoms with Crippen LogP contribution in [0.5, 0.6) is 0 Å². The smallest absolute Gasteiger partial charge is 0.261 e. The Hall–Kier alpha value is -2.09. The average Bonchev–Trinajstić information content (AvgIpc) is 3.14. The standard InChI is InChI=1S/C19H23N3O3S.ClH/c23-19(13-16-8-6-12-20-16)21-14-15-7-4-5-11-18(15)22-26(24,25)17-9-2-1-3-10-17;/h1-5,7,9-11,16,20,22H,6,8,12-14H2,(H,21,23);1H. The fraction of sp³-hybridized carbons (Fsp3) is 0.316. The zero-order chi connectivity index (χ0) is 18.4. The second-order valence-corrected chi connectivity index (χ2v) is 8.03. The molecular formula is C19H24ClN3O3S. The van der Waals surface area contributed by atoms with Gasteiger partial charge in [0.05, 0.1) is 10.6 Å². The molecule has 0 radical (unpaired) electrons. The number of hydrogen-bond acceptors (Lipinski definition) is 4. The lowest BCUT2D eigenvalue weighted by atomic mass is 10.1. The molecule has 1 atom stereocenters. The van der Waals surface area contributed by atoms with Gasteiger partial charge in [0.1, 0.15) is 0 Å². The third-order valence-electron chi connectivity index (χ3n) is 4.39. The Kier molecular flexibility index (Phi) is 7.65. The van der Waals surface area contributed by atoms with Crippen molar-refractivity contribution in [3.63, 3.8) is 0 Å². The Labute approximate surface area is 166 Å². The van der Waals surface area contributed by atoms with Crippen molar-refractivity contribution in [3.05, 3.63) is 60.2 Å². The van der Waals surface area contributed by atoms with Gasteiger partial charge in [-0.3, -0.25) is 9.52 Å². The summed E-state index contributed by atoms with van der Waals surface area (Å²) in [4.78, 5) is 12.3. The second kappa shape index (κ2) is 9.73. The van der Waals surface area contributed by atoms with Crippen molar-refractivity contribution < 1.29 is 13.2 Å². The van der Waals surface area contributed by atoms with Crippen LogP contribution in [0.25, 0.3) is 0 Å². The molecule has 1 aliphatic rings. The topological polar surface area (TPSA) is 87.3 Å². The van der Waals surface area contributed by atoms with E-state index in [0.29, 0.717) is 12.1 Å². The Morgan fingerprint density at radius 1 is 1.07 bits per heavy atom. The fourth-order valence-corrected chi connectivity index (χ4v) is 4.12. The highest BCUT2D eigenvalue weighted by molar-refractivity contribution is 7.92. The van der Waals surface area contributed by atoms with E-state index in [9.17, 15) is 13.2 Å². The highest BCUT2D eigenvalue weighted by Crippen LogP contribution is 2.20. The summed E-state index contributed by atoms with van der Waals surface area (Å²) in [5.74, 6) is -0.0369. The number of para-hydroxylation sites is 1. The minimum atomic E-state index is -3.67. The SMILES string of the molecule is Cl.O=C(CC1CCCN1)NCc1ccccc1NS(=O)(=O)c1ccccc1. The normalized spacial score (nSPS) is 16.4. The quantitative estimate of drug-likeness (QED) is 0.656. The van der Waals surface area contributed by atoms with Gasteiger partial charge in [0.25, 0.3) is 10.0 Å². The summed E-state index contributed by atoms with van der Waals surface area (Å²) in [6, 6.07) is 15.5. The van der Waals surface area contributed by atoms with Crippen LogP contribution in [0.3, 0.4) is 0 Å². The van der Waals surface area contributed by atoms with Crippen molar-refractivity contribution in [2.75, 3.05) is 11.3 Å². The molecule has 0 aromatic heterocycles. The summed E-state index contributed by atoms with van der Waals surface area (Å²) in [6.45, 7) is 1.24. The van der Waals surface area contributed by atoms with Gasteiger partial charge in [-0.2, -0.15) is 0 Å². The number of carbonyl (C=O) groups is 1. The first-order valence-corrected chi connectivity index (χ1v) is 10.2. The summed E-state index contributed by atoms with van der Waals surface area (Å²) < 4.78 is 27.6. The van der Waals surface area contributed by atoms with Gasteiger partial charge in [0.2, 0.25) is 5.91 Å². The molecule has 6 nitrogen and oxygen atoms in total. The van der Waals surface area contributed by atoms with E-state index in [1.807, 2.05) is 6.07 Å². The van der Waals surface area contributed by atoms with Crippen molar-refractivity contribution in [2.24, 2.45) is 0 Å². The van der Waals surface area contributed by atoms with E-state index in [1.54, 1.807) is 48.5 Å². The molecule has 1 fully saturated rings. The van der Waals surface area contributed by atoms with Crippen LogP contribution < -0.4 is 15.4 Å². The van der Waals surface area contributed by atoms with Gasteiger partial charge in [-0.05, 0) is 43.1 Å². The fourth-order valence-electron chi connectivity index (χ4n) is 3.00. The highest BCUT2D eigenvalue weighted by atomic mass is 35.5. The number of halogens is 1. The maximum atomic E-state index is 12.5. The van der Waals surface area contributed by atoms with E-state index in [0.717, 1.165) is 24.9 Å². The summed E-state index contributed by atoms with van der Waals surface area (Å²) in [6.07, 6.45) is 2.56. The minimum absolute atomic E-state index is 0. The summed E-state index contributed by atoms with van der Waals surface area (Å²) in [7, 11) is -3.67. The maximum absolute atomic E-state index is 12.5. The molecule has 2 aromatic carbocycles. The summed E-state index contributed by atoms with van der Waals surface area (Å²) >= 11 is 0. The van der Waals surface area contributed by atoms with Gasteiger partial charge in [-0.15, -0.1) is 12.4 Å². The van der Waals surface area contributed by atoms with Gasteiger partial charge >= 0.3 is 0 Å². The molecule has 1 unspecified atom stereocenters. The van der Waals surface area contributed by atoms with E-state index in [4.69, 9.17) is 0 Å². The van der Waals surface area contributed by atoms with E-state index < -0.39 is 10.0 Å². The first-order valence-electron chi connectivity index (χ1n) is 8.70. The Morgan fingerprint density at radius 2 is 1.78 bits per heavy atom.